The van der Waals surface area contributed by atoms with Crippen molar-refractivity contribution in [2.45, 2.75) is 45.6 Å². The van der Waals surface area contributed by atoms with Gasteiger partial charge in [-0.3, -0.25) is 9.69 Å². The fourth-order valence-electron chi connectivity index (χ4n) is 3.68. The molecule has 1 aromatic carbocycles. The van der Waals surface area contributed by atoms with Gasteiger partial charge in [-0.25, -0.2) is 0 Å². The van der Waals surface area contributed by atoms with Crippen LogP contribution >= 0.6 is 0 Å². The number of aryl methyl sites for hydroxylation is 2. The summed E-state index contributed by atoms with van der Waals surface area (Å²) in [5, 5.41) is 0. The third-order valence-corrected chi connectivity index (χ3v) is 4.99. The largest absolute Gasteiger partial charge is 0.344 e. The molecule has 0 spiro atoms. The van der Waals surface area contributed by atoms with Gasteiger partial charge in [0.05, 0.1) is 6.54 Å². The first-order valence-electron chi connectivity index (χ1n) is 8.59. The monoisotopic (exact) mass is 300 g/mol. The number of hydrogen-bond acceptors (Lipinski definition) is 2. The molecular formula is C19H28N2O. The van der Waals surface area contributed by atoms with Gasteiger partial charge in [0.25, 0.3) is 0 Å². The Kier molecular flexibility index (Phi) is 4.53. The Labute approximate surface area is 134 Å². The lowest BCUT2D eigenvalue weighted by Gasteiger charge is -2.27. The number of amides is 1. The molecule has 0 aromatic heterocycles. The maximum absolute atomic E-state index is 12.5. The lowest BCUT2D eigenvalue weighted by atomic mass is 9.99. The van der Waals surface area contributed by atoms with E-state index in [1.165, 1.54) is 42.4 Å². The number of likely N-dealkylation sites (tertiary alicyclic amines) is 1. The van der Waals surface area contributed by atoms with Gasteiger partial charge < -0.3 is 4.90 Å². The summed E-state index contributed by atoms with van der Waals surface area (Å²) < 4.78 is 0. The molecule has 2 fully saturated rings. The molecule has 1 aromatic rings. The van der Waals surface area contributed by atoms with Crippen LogP contribution in [0.2, 0.25) is 0 Å². The quantitative estimate of drug-likeness (QED) is 0.833. The molecule has 2 aliphatic rings. The second-order valence-corrected chi connectivity index (χ2v) is 7.27. The van der Waals surface area contributed by atoms with E-state index in [1.54, 1.807) is 0 Å². The molecule has 1 aliphatic heterocycles. The highest BCUT2D eigenvalue weighted by Crippen LogP contribution is 2.33. The molecule has 0 radical (unpaired) electrons. The fourth-order valence-corrected chi connectivity index (χ4v) is 3.68. The maximum atomic E-state index is 12.5. The van der Waals surface area contributed by atoms with Crippen molar-refractivity contribution in [3.63, 3.8) is 0 Å². The van der Waals surface area contributed by atoms with E-state index in [-0.39, 0.29) is 5.91 Å². The molecule has 3 heteroatoms. The van der Waals surface area contributed by atoms with Crippen molar-refractivity contribution in [1.29, 1.82) is 0 Å². The predicted octanol–water partition coefficient (Wildman–Crippen LogP) is 3.31. The topological polar surface area (TPSA) is 23.6 Å². The van der Waals surface area contributed by atoms with Crippen LogP contribution in [0.5, 0.6) is 0 Å². The van der Waals surface area contributed by atoms with Gasteiger partial charge >= 0.3 is 0 Å². The minimum absolute atomic E-state index is 0.281. The minimum atomic E-state index is 0.281. The molecule has 1 unspecified atom stereocenters. The minimum Gasteiger partial charge on any atom is -0.344 e. The number of rotatable bonds is 5. The van der Waals surface area contributed by atoms with Crippen molar-refractivity contribution < 1.29 is 4.79 Å². The Balaban J connectivity index is 1.65. The van der Waals surface area contributed by atoms with Crippen LogP contribution in [0.15, 0.2) is 18.2 Å². The number of likely N-dealkylation sites (N-methyl/N-ethyl adjacent to an activating group) is 1. The van der Waals surface area contributed by atoms with E-state index in [9.17, 15) is 4.79 Å². The Morgan fingerprint density at radius 1 is 1.18 bits per heavy atom. The predicted molar refractivity (Wildman–Crippen MR) is 89.8 cm³/mol. The average Bonchev–Trinajstić information content (AvgIpc) is 3.13. The number of nitrogens with zero attached hydrogens (tertiary/aromatic N) is 2. The number of hydrogen-bond donors (Lipinski definition) is 0. The molecule has 1 saturated carbocycles. The van der Waals surface area contributed by atoms with Crippen LogP contribution in [0.25, 0.3) is 0 Å². The Hall–Kier alpha value is -1.35. The highest BCUT2D eigenvalue weighted by atomic mass is 16.2. The molecule has 1 amide bonds. The number of benzene rings is 1. The highest BCUT2D eigenvalue weighted by Gasteiger charge is 2.30. The van der Waals surface area contributed by atoms with Gasteiger partial charge in [0.15, 0.2) is 0 Å². The van der Waals surface area contributed by atoms with Crippen LogP contribution in [0.4, 0.5) is 0 Å². The van der Waals surface area contributed by atoms with E-state index in [1.807, 2.05) is 11.9 Å². The molecule has 0 N–H and O–H groups in total. The molecule has 1 aliphatic carbocycles. The van der Waals surface area contributed by atoms with E-state index < -0.39 is 0 Å². The SMILES string of the molecule is Cc1cc(C)cc(C2CCCN2CC(=O)N(C)CC2CC2)c1. The average molecular weight is 300 g/mol. The maximum Gasteiger partial charge on any atom is 0.236 e. The van der Waals surface area contributed by atoms with Crippen molar-refractivity contribution in [2.75, 3.05) is 26.7 Å². The van der Waals surface area contributed by atoms with E-state index in [2.05, 4.69) is 36.9 Å². The van der Waals surface area contributed by atoms with Crippen molar-refractivity contribution in [2.24, 2.45) is 5.92 Å². The second kappa shape index (κ2) is 6.41. The summed E-state index contributed by atoms with van der Waals surface area (Å²) >= 11 is 0. The van der Waals surface area contributed by atoms with E-state index in [0.29, 0.717) is 12.6 Å². The normalized spacial score (nSPS) is 22.0. The molecule has 3 rings (SSSR count). The standard InChI is InChI=1S/C19H28N2O/c1-14-9-15(2)11-17(10-14)18-5-4-8-21(18)13-19(22)20(3)12-16-6-7-16/h9-11,16,18H,4-8,12-13H2,1-3H3. The third-order valence-electron chi connectivity index (χ3n) is 4.99. The third kappa shape index (κ3) is 3.70. The Bertz CT molecular complexity index is 530. The molecule has 1 heterocycles. The zero-order valence-electron chi connectivity index (χ0n) is 14.1. The van der Waals surface area contributed by atoms with Crippen molar-refractivity contribution in [1.82, 2.24) is 9.80 Å². The van der Waals surface area contributed by atoms with Gasteiger partial charge in [-0.05, 0) is 57.6 Å². The summed E-state index contributed by atoms with van der Waals surface area (Å²) in [5.74, 6) is 1.05. The molecule has 0 bridgehead atoms. The fraction of sp³-hybridized carbons (Fsp3) is 0.632. The summed E-state index contributed by atoms with van der Waals surface area (Å²) in [7, 11) is 1.96. The number of carbonyl (C=O) groups is 1. The second-order valence-electron chi connectivity index (χ2n) is 7.27. The van der Waals surface area contributed by atoms with Gasteiger partial charge in [0, 0.05) is 19.6 Å². The lowest BCUT2D eigenvalue weighted by molar-refractivity contribution is -0.131. The summed E-state index contributed by atoms with van der Waals surface area (Å²) in [5.41, 5.74) is 4.02. The lowest BCUT2D eigenvalue weighted by Crippen LogP contribution is -2.39. The van der Waals surface area contributed by atoms with Gasteiger partial charge in [-0.15, -0.1) is 0 Å². The summed E-state index contributed by atoms with van der Waals surface area (Å²) in [4.78, 5) is 16.8. The summed E-state index contributed by atoms with van der Waals surface area (Å²) in [6.45, 7) is 6.87. The van der Waals surface area contributed by atoms with Gasteiger partial charge in [0.1, 0.15) is 0 Å². The van der Waals surface area contributed by atoms with Crippen LogP contribution in [-0.2, 0) is 4.79 Å². The Morgan fingerprint density at radius 2 is 1.86 bits per heavy atom. The van der Waals surface area contributed by atoms with E-state index in [0.717, 1.165) is 19.0 Å². The summed E-state index contributed by atoms with van der Waals surface area (Å²) in [6, 6.07) is 7.21. The number of carbonyl (C=O) groups excluding carboxylic acids is 1. The first-order valence-corrected chi connectivity index (χ1v) is 8.59. The van der Waals surface area contributed by atoms with Crippen molar-refractivity contribution >= 4 is 5.91 Å². The first-order chi connectivity index (χ1) is 10.5. The summed E-state index contributed by atoms with van der Waals surface area (Å²) in [6.07, 6.45) is 4.96. The molecular weight excluding hydrogens is 272 g/mol. The van der Waals surface area contributed by atoms with Crippen molar-refractivity contribution in [3.8, 4) is 0 Å². The van der Waals surface area contributed by atoms with Gasteiger partial charge in [0.2, 0.25) is 5.91 Å². The molecule has 3 nitrogen and oxygen atoms in total. The van der Waals surface area contributed by atoms with Crippen molar-refractivity contribution in [3.05, 3.63) is 34.9 Å². The first kappa shape index (κ1) is 15.5. The smallest absolute Gasteiger partial charge is 0.236 e. The van der Waals surface area contributed by atoms with Crippen LogP contribution in [0.1, 0.15) is 48.4 Å². The van der Waals surface area contributed by atoms with Gasteiger partial charge in [-0.2, -0.15) is 0 Å². The van der Waals surface area contributed by atoms with E-state index in [4.69, 9.17) is 0 Å². The van der Waals surface area contributed by atoms with Crippen LogP contribution in [0.3, 0.4) is 0 Å². The van der Waals surface area contributed by atoms with Crippen LogP contribution in [-0.4, -0.2) is 42.4 Å². The van der Waals surface area contributed by atoms with Crippen LogP contribution < -0.4 is 0 Å². The zero-order chi connectivity index (χ0) is 15.7. The molecule has 22 heavy (non-hydrogen) atoms. The molecule has 1 atom stereocenters. The molecule has 120 valence electrons. The highest BCUT2D eigenvalue weighted by molar-refractivity contribution is 5.78. The van der Waals surface area contributed by atoms with Crippen LogP contribution in [0, 0.1) is 19.8 Å². The Morgan fingerprint density at radius 3 is 2.50 bits per heavy atom. The van der Waals surface area contributed by atoms with E-state index >= 15 is 0 Å². The van der Waals surface area contributed by atoms with Gasteiger partial charge in [-0.1, -0.05) is 29.3 Å². The zero-order valence-corrected chi connectivity index (χ0v) is 14.1. The molecule has 1 saturated heterocycles.